The van der Waals surface area contributed by atoms with Crippen molar-refractivity contribution in [2.75, 3.05) is 5.32 Å². The van der Waals surface area contributed by atoms with Crippen molar-refractivity contribution in [3.05, 3.63) is 72.2 Å². The third kappa shape index (κ3) is 4.83. The Morgan fingerprint density at radius 3 is 2.67 bits per heavy atom. The summed E-state index contributed by atoms with van der Waals surface area (Å²) >= 11 is 1.42. The molecule has 0 radical (unpaired) electrons. The van der Waals surface area contributed by atoms with Gasteiger partial charge in [0.1, 0.15) is 11.4 Å². The van der Waals surface area contributed by atoms with Crippen molar-refractivity contribution in [3.63, 3.8) is 0 Å². The standard InChI is InChI=1S/C20H14F3N5O3S2/c21-20(22,23)33(30,31)15-6-2-5-14(8-15)27-18(29)13-4-1-3-12(7-13)10-32-19-16-9-26-28-17(16)24-11-25-19/h1-9,11H,10H2,(H,27,29)(H,24,25,26,28). The number of hydrogen-bond donors (Lipinski definition) is 2. The number of sulfone groups is 1. The summed E-state index contributed by atoms with van der Waals surface area (Å²) < 4.78 is 61.6. The second-order valence-corrected chi connectivity index (χ2v) is 9.64. The van der Waals surface area contributed by atoms with Crippen molar-refractivity contribution in [3.8, 4) is 0 Å². The molecule has 0 spiro atoms. The molecule has 2 N–H and O–H groups in total. The lowest BCUT2D eigenvalue weighted by Crippen LogP contribution is -2.23. The van der Waals surface area contributed by atoms with Gasteiger partial charge in [0.25, 0.3) is 15.7 Å². The van der Waals surface area contributed by atoms with Crippen LogP contribution < -0.4 is 5.32 Å². The summed E-state index contributed by atoms with van der Waals surface area (Å²) in [4.78, 5) is 20.0. The molecule has 0 bridgehead atoms. The minimum atomic E-state index is -5.52. The fraction of sp³-hybridized carbons (Fsp3) is 0.100. The fourth-order valence-corrected chi connectivity index (χ4v) is 4.61. The molecule has 0 aliphatic rings. The van der Waals surface area contributed by atoms with Crippen molar-refractivity contribution >= 4 is 44.2 Å². The minimum Gasteiger partial charge on any atom is -0.322 e. The first-order chi connectivity index (χ1) is 15.6. The number of thioether (sulfide) groups is 1. The number of H-pyrrole nitrogens is 1. The van der Waals surface area contributed by atoms with Crippen LogP contribution in [-0.2, 0) is 15.6 Å². The smallest absolute Gasteiger partial charge is 0.322 e. The molecule has 0 saturated carbocycles. The number of nitrogens with zero attached hydrogens (tertiary/aromatic N) is 3. The van der Waals surface area contributed by atoms with E-state index in [2.05, 4.69) is 25.5 Å². The number of aromatic amines is 1. The monoisotopic (exact) mass is 493 g/mol. The number of carbonyl (C=O) groups excluding carboxylic acids is 1. The van der Waals surface area contributed by atoms with E-state index >= 15 is 0 Å². The lowest BCUT2D eigenvalue weighted by atomic mass is 10.1. The molecule has 1 amide bonds. The zero-order chi connectivity index (χ0) is 23.6. The van der Waals surface area contributed by atoms with E-state index in [1.54, 1.807) is 24.4 Å². The van der Waals surface area contributed by atoms with Crippen molar-refractivity contribution in [1.29, 1.82) is 0 Å². The van der Waals surface area contributed by atoms with E-state index in [4.69, 9.17) is 0 Å². The first kappa shape index (κ1) is 22.7. The Morgan fingerprint density at radius 1 is 1.09 bits per heavy atom. The van der Waals surface area contributed by atoms with Gasteiger partial charge in [-0.25, -0.2) is 18.4 Å². The second-order valence-electron chi connectivity index (χ2n) is 6.73. The van der Waals surface area contributed by atoms with Crippen LogP contribution >= 0.6 is 11.8 Å². The lowest BCUT2D eigenvalue weighted by Gasteiger charge is -2.11. The molecular weight excluding hydrogens is 479 g/mol. The first-order valence-electron chi connectivity index (χ1n) is 9.24. The number of rotatable bonds is 6. The largest absolute Gasteiger partial charge is 0.501 e. The van der Waals surface area contributed by atoms with Crippen LogP contribution in [0.15, 0.2) is 71.0 Å². The average molecular weight is 493 g/mol. The predicted molar refractivity (Wildman–Crippen MR) is 115 cm³/mol. The molecule has 0 aliphatic carbocycles. The van der Waals surface area contributed by atoms with Gasteiger partial charge in [0, 0.05) is 17.0 Å². The number of alkyl halides is 3. The van der Waals surface area contributed by atoms with Gasteiger partial charge >= 0.3 is 5.51 Å². The van der Waals surface area contributed by atoms with E-state index in [0.717, 1.165) is 29.1 Å². The summed E-state index contributed by atoms with van der Waals surface area (Å²) in [6.07, 6.45) is 3.04. The number of nitrogens with one attached hydrogen (secondary N) is 2. The van der Waals surface area contributed by atoms with E-state index < -0.39 is 26.1 Å². The Morgan fingerprint density at radius 2 is 1.88 bits per heavy atom. The topological polar surface area (TPSA) is 118 Å². The van der Waals surface area contributed by atoms with Gasteiger partial charge in [-0.05, 0) is 35.9 Å². The number of amides is 1. The van der Waals surface area contributed by atoms with Gasteiger partial charge in [-0.2, -0.15) is 18.3 Å². The van der Waals surface area contributed by atoms with Crippen LogP contribution in [0.2, 0.25) is 0 Å². The number of aromatic nitrogens is 4. The van der Waals surface area contributed by atoms with Crippen molar-refractivity contribution in [1.82, 2.24) is 20.2 Å². The number of halogens is 3. The molecule has 2 aromatic carbocycles. The summed E-state index contributed by atoms with van der Waals surface area (Å²) in [7, 11) is -5.52. The molecular formula is C20H14F3N5O3S2. The molecule has 0 aliphatic heterocycles. The van der Waals surface area contributed by atoms with Gasteiger partial charge in [-0.1, -0.05) is 18.2 Å². The average Bonchev–Trinajstić information content (AvgIpc) is 3.27. The third-order valence-corrected chi connectivity index (χ3v) is 7.04. The Hall–Kier alpha value is -3.45. The molecule has 2 heterocycles. The number of hydrogen-bond acceptors (Lipinski definition) is 7. The van der Waals surface area contributed by atoms with Gasteiger partial charge in [-0.15, -0.1) is 11.8 Å². The number of benzene rings is 2. The Balaban J connectivity index is 1.48. The zero-order valence-electron chi connectivity index (χ0n) is 16.5. The lowest BCUT2D eigenvalue weighted by molar-refractivity contribution is -0.0436. The highest BCUT2D eigenvalue weighted by Crippen LogP contribution is 2.31. The maximum Gasteiger partial charge on any atom is 0.501 e. The highest BCUT2D eigenvalue weighted by Gasteiger charge is 2.46. The van der Waals surface area contributed by atoms with Gasteiger partial charge < -0.3 is 5.32 Å². The maximum atomic E-state index is 12.8. The molecule has 0 atom stereocenters. The molecule has 2 aromatic heterocycles. The number of carbonyl (C=O) groups is 1. The Labute approximate surface area is 189 Å². The molecule has 170 valence electrons. The van der Waals surface area contributed by atoms with E-state index in [-0.39, 0.29) is 11.3 Å². The van der Waals surface area contributed by atoms with Crippen LogP contribution in [0.25, 0.3) is 11.0 Å². The van der Waals surface area contributed by atoms with Crippen LogP contribution in [0.4, 0.5) is 18.9 Å². The first-order valence-corrected chi connectivity index (χ1v) is 11.7. The van der Waals surface area contributed by atoms with Gasteiger partial charge in [-0.3, -0.25) is 9.89 Å². The van der Waals surface area contributed by atoms with E-state index in [1.165, 1.54) is 24.2 Å². The molecule has 4 aromatic rings. The quantitative estimate of drug-likeness (QED) is 0.305. The van der Waals surface area contributed by atoms with Crippen LogP contribution in [0.5, 0.6) is 0 Å². The normalized spacial score (nSPS) is 12.1. The fourth-order valence-electron chi connectivity index (χ4n) is 2.89. The molecule has 0 fully saturated rings. The SMILES string of the molecule is O=C(Nc1cccc(S(=O)(=O)C(F)(F)F)c1)c1cccc(CSc2ncnc3[nH]ncc23)c1. The van der Waals surface area contributed by atoms with Crippen LogP contribution in [-0.4, -0.2) is 40.0 Å². The van der Waals surface area contributed by atoms with Crippen LogP contribution in [0, 0.1) is 0 Å². The third-order valence-electron chi connectivity index (χ3n) is 4.48. The van der Waals surface area contributed by atoms with Gasteiger partial charge in [0.05, 0.1) is 16.5 Å². The molecule has 0 saturated heterocycles. The highest BCUT2D eigenvalue weighted by molar-refractivity contribution is 7.98. The summed E-state index contributed by atoms with van der Waals surface area (Å²) in [5, 5.41) is 10.6. The summed E-state index contributed by atoms with van der Waals surface area (Å²) in [6, 6.07) is 10.7. The predicted octanol–water partition coefficient (Wildman–Crippen LogP) is 4.19. The highest BCUT2D eigenvalue weighted by atomic mass is 32.2. The Bertz CT molecular complexity index is 1440. The molecule has 33 heavy (non-hydrogen) atoms. The summed E-state index contributed by atoms with van der Waals surface area (Å²) in [5.74, 6) is -0.111. The van der Waals surface area contributed by atoms with E-state index in [9.17, 15) is 26.4 Å². The van der Waals surface area contributed by atoms with Gasteiger partial charge in [0.2, 0.25) is 0 Å². The number of fused-ring (bicyclic) bond motifs is 1. The minimum absolute atomic E-state index is 0.0755. The summed E-state index contributed by atoms with van der Waals surface area (Å²) in [6.45, 7) is 0. The van der Waals surface area contributed by atoms with Crippen LogP contribution in [0.1, 0.15) is 15.9 Å². The van der Waals surface area contributed by atoms with E-state index in [0.29, 0.717) is 16.4 Å². The van der Waals surface area contributed by atoms with Crippen molar-refractivity contribution in [2.45, 2.75) is 21.2 Å². The Kier molecular flexibility index (Phi) is 6.08. The second kappa shape index (κ2) is 8.83. The number of anilines is 1. The maximum absolute atomic E-state index is 12.8. The van der Waals surface area contributed by atoms with Crippen molar-refractivity contribution in [2.24, 2.45) is 0 Å². The molecule has 8 nitrogen and oxygen atoms in total. The van der Waals surface area contributed by atoms with Gasteiger partial charge in [0.15, 0.2) is 5.65 Å². The van der Waals surface area contributed by atoms with Crippen LogP contribution in [0.3, 0.4) is 0 Å². The molecule has 0 unspecified atom stereocenters. The van der Waals surface area contributed by atoms with E-state index in [1.807, 2.05) is 6.07 Å². The summed E-state index contributed by atoms with van der Waals surface area (Å²) in [5.41, 5.74) is -3.85. The zero-order valence-corrected chi connectivity index (χ0v) is 18.1. The molecule has 4 rings (SSSR count). The van der Waals surface area contributed by atoms with Crippen molar-refractivity contribution < 1.29 is 26.4 Å². The molecule has 13 heteroatoms.